The van der Waals surface area contributed by atoms with Crippen LogP contribution in [0.2, 0.25) is 0 Å². The summed E-state index contributed by atoms with van der Waals surface area (Å²) < 4.78 is 13.3. The second-order valence-corrected chi connectivity index (χ2v) is 20.4. The number of hydrogen-bond donors (Lipinski definition) is 0. The van der Waals surface area contributed by atoms with Gasteiger partial charge in [-0.25, -0.2) is 0 Å². The summed E-state index contributed by atoms with van der Waals surface area (Å²) >= 11 is 0. The quantitative estimate of drug-likeness (QED) is 0.152. The fraction of sp³-hybridized carbons (Fsp3) is 0.0571. The van der Waals surface area contributed by atoms with Gasteiger partial charge in [0.25, 0.3) is 0 Å². The van der Waals surface area contributed by atoms with E-state index in [4.69, 9.17) is 8.83 Å². The Morgan fingerprint density at radius 3 is 1.51 bits per heavy atom. The van der Waals surface area contributed by atoms with Crippen molar-refractivity contribution in [1.29, 1.82) is 0 Å². The molecule has 0 atom stereocenters. The van der Waals surface area contributed by atoms with Gasteiger partial charge in [0.05, 0.1) is 16.5 Å². The monoisotopic (exact) mass is 948 g/mol. The molecule has 350 valence electrons. The summed E-state index contributed by atoms with van der Waals surface area (Å²) in [6, 6.07) is 92.9. The Morgan fingerprint density at radius 2 is 0.770 bits per heavy atom. The average molecular weight is 949 g/mol. The molecule has 0 N–H and O–H groups in total. The lowest BCUT2D eigenvalue weighted by atomic mass is 9.67. The van der Waals surface area contributed by atoms with Crippen LogP contribution in [0.25, 0.3) is 66.1 Å². The molecule has 0 amide bonds. The van der Waals surface area contributed by atoms with Crippen LogP contribution in [0.3, 0.4) is 0 Å². The largest absolute Gasteiger partial charge is 0.456 e. The Hall–Kier alpha value is -9.38. The van der Waals surface area contributed by atoms with Crippen LogP contribution in [-0.4, -0.2) is 0 Å². The molecule has 4 heteroatoms. The van der Waals surface area contributed by atoms with Gasteiger partial charge in [0.1, 0.15) is 22.3 Å². The van der Waals surface area contributed by atoms with E-state index in [1.54, 1.807) is 0 Å². The molecule has 0 saturated carbocycles. The van der Waals surface area contributed by atoms with Crippen LogP contribution in [-0.2, 0) is 10.8 Å². The lowest BCUT2D eigenvalue weighted by Crippen LogP contribution is -2.28. The van der Waals surface area contributed by atoms with Gasteiger partial charge in [-0.2, -0.15) is 0 Å². The minimum atomic E-state index is -0.579. The zero-order chi connectivity index (χ0) is 49.1. The molecule has 0 radical (unpaired) electrons. The number of furan rings is 2. The zero-order valence-corrected chi connectivity index (χ0v) is 41.0. The predicted octanol–water partition coefficient (Wildman–Crippen LogP) is 19.1. The third-order valence-electron chi connectivity index (χ3n) is 16.1. The highest BCUT2D eigenvalue weighted by Gasteiger charge is 2.46. The van der Waals surface area contributed by atoms with E-state index in [0.29, 0.717) is 0 Å². The molecule has 2 aromatic heterocycles. The minimum absolute atomic E-state index is 0.197. The molecule has 0 bridgehead atoms. The normalized spacial score (nSPS) is 13.8. The van der Waals surface area contributed by atoms with Crippen molar-refractivity contribution in [3.8, 4) is 22.3 Å². The Labute approximate surface area is 429 Å². The highest BCUT2D eigenvalue weighted by Crippen LogP contribution is 2.58. The van der Waals surface area contributed by atoms with Gasteiger partial charge in [-0.1, -0.05) is 184 Å². The van der Waals surface area contributed by atoms with E-state index in [0.717, 1.165) is 78.0 Å². The Bertz CT molecular complexity index is 4330. The minimum Gasteiger partial charge on any atom is -0.456 e. The van der Waals surface area contributed by atoms with Gasteiger partial charge in [0.2, 0.25) is 0 Å². The first-order chi connectivity index (χ1) is 36.4. The second kappa shape index (κ2) is 16.1. The van der Waals surface area contributed by atoms with E-state index >= 15 is 0 Å². The summed E-state index contributed by atoms with van der Waals surface area (Å²) in [5, 5.41) is 4.34. The summed E-state index contributed by atoms with van der Waals surface area (Å²) in [4.78, 5) is 4.84. The smallest absolute Gasteiger partial charge is 0.137 e. The van der Waals surface area contributed by atoms with Crippen LogP contribution in [0, 0.1) is 0 Å². The zero-order valence-electron chi connectivity index (χ0n) is 41.0. The van der Waals surface area contributed by atoms with E-state index in [2.05, 4.69) is 266 Å². The van der Waals surface area contributed by atoms with E-state index in [1.807, 2.05) is 12.1 Å². The molecule has 0 saturated heterocycles. The van der Waals surface area contributed by atoms with Crippen molar-refractivity contribution in [1.82, 2.24) is 0 Å². The van der Waals surface area contributed by atoms with Crippen LogP contribution in [0.4, 0.5) is 34.1 Å². The number of rotatable bonds is 8. The van der Waals surface area contributed by atoms with Crippen molar-refractivity contribution in [3.05, 3.63) is 288 Å². The molecule has 13 aromatic rings. The predicted molar refractivity (Wildman–Crippen MR) is 305 cm³/mol. The summed E-state index contributed by atoms with van der Waals surface area (Å²) in [5.74, 6) is 0. The standard InChI is InChI=1S/C70H48N2O2/c1-69(2)59-29-13-9-25-52(59)54-38-36-50(42-61(54)69)72(63-31-18-34-66-68(63)58-28-12-16-33-65(58)73-66)48-24-17-23-47(41-48)71(51-37-40-57-56-27-11-15-32-64(56)74-67(57)44-51)49-35-39-55-53-26-10-14-30-60(53)70(62(55)43-49,45-19-5-3-6-20-45)46-21-7-4-8-22-46/h3-44H,1-2H3. The number of benzene rings is 11. The van der Waals surface area contributed by atoms with Crippen LogP contribution in [0.15, 0.2) is 264 Å². The van der Waals surface area contributed by atoms with Crippen molar-refractivity contribution in [3.63, 3.8) is 0 Å². The molecule has 2 heterocycles. The van der Waals surface area contributed by atoms with Crippen LogP contribution < -0.4 is 9.80 Å². The van der Waals surface area contributed by atoms with Gasteiger partial charge in [-0.05, 0) is 134 Å². The molecular weight excluding hydrogens is 901 g/mol. The first-order valence-corrected chi connectivity index (χ1v) is 25.6. The Morgan fingerprint density at radius 1 is 0.297 bits per heavy atom. The van der Waals surface area contributed by atoms with E-state index in [-0.39, 0.29) is 5.41 Å². The SMILES string of the molecule is CC1(C)c2ccccc2-c2ccc(N(c3cccc(N(c4ccc5c(c4)C(c4ccccc4)(c4ccccc4)c4ccccc4-5)c4ccc5c(c4)oc4ccccc45)c3)c3cccc4oc5ccccc5c34)cc21. The van der Waals surface area contributed by atoms with Gasteiger partial charge in [-0.3, -0.25) is 0 Å². The first-order valence-electron chi connectivity index (χ1n) is 25.6. The van der Waals surface area contributed by atoms with E-state index in [1.165, 1.54) is 55.6 Å². The van der Waals surface area contributed by atoms with Crippen molar-refractivity contribution >= 4 is 78.0 Å². The van der Waals surface area contributed by atoms with Crippen LogP contribution in [0.5, 0.6) is 0 Å². The van der Waals surface area contributed by atoms with Gasteiger partial charge < -0.3 is 18.6 Å². The number of nitrogens with zero attached hydrogens (tertiary/aromatic N) is 2. The molecule has 0 aliphatic heterocycles. The molecule has 2 aliphatic rings. The van der Waals surface area contributed by atoms with Gasteiger partial charge in [0.15, 0.2) is 0 Å². The first kappa shape index (κ1) is 42.3. The summed E-state index contributed by atoms with van der Waals surface area (Å²) in [5.41, 5.74) is 21.5. The summed E-state index contributed by atoms with van der Waals surface area (Å²) in [6.45, 7) is 4.71. The fourth-order valence-electron chi connectivity index (χ4n) is 12.8. The molecule has 15 rings (SSSR count). The number of anilines is 6. The second-order valence-electron chi connectivity index (χ2n) is 20.4. The lowest BCUT2D eigenvalue weighted by Gasteiger charge is -2.35. The maximum absolute atomic E-state index is 6.66. The molecule has 0 unspecified atom stereocenters. The van der Waals surface area contributed by atoms with Crippen LogP contribution >= 0.6 is 0 Å². The molecular formula is C70H48N2O2. The van der Waals surface area contributed by atoms with Crippen molar-refractivity contribution < 1.29 is 8.83 Å². The molecule has 0 spiro atoms. The lowest BCUT2D eigenvalue weighted by molar-refractivity contribution is 0.660. The fourth-order valence-corrected chi connectivity index (χ4v) is 12.8. The molecule has 74 heavy (non-hydrogen) atoms. The average Bonchev–Trinajstić information content (AvgIpc) is 4.18. The van der Waals surface area contributed by atoms with Gasteiger partial charge in [-0.15, -0.1) is 0 Å². The Balaban J connectivity index is 0.980. The van der Waals surface area contributed by atoms with Crippen LogP contribution in [0.1, 0.15) is 47.2 Å². The highest BCUT2D eigenvalue weighted by atomic mass is 16.3. The summed E-state index contributed by atoms with van der Waals surface area (Å²) in [7, 11) is 0. The molecule has 11 aromatic carbocycles. The highest BCUT2D eigenvalue weighted by molar-refractivity contribution is 6.13. The van der Waals surface area contributed by atoms with Gasteiger partial charge >= 0.3 is 0 Å². The maximum Gasteiger partial charge on any atom is 0.137 e. The summed E-state index contributed by atoms with van der Waals surface area (Å²) in [6.07, 6.45) is 0. The van der Waals surface area contributed by atoms with Crippen molar-refractivity contribution in [2.75, 3.05) is 9.80 Å². The number of fused-ring (bicyclic) bond motifs is 12. The maximum atomic E-state index is 6.66. The number of para-hydroxylation sites is 2. The van der Waals surface area contributed by atoms with Crippen molar-refractivity contribution in [2.24, 2.45) is 0 Å². The van der Waals surface area contributed by atoms with E-state index < -0.39 is 5.41 Å². The number of hydrogen-bond acceptors (Lipinski definition) is 4. The molecule has 2 aliphatic carbocycles. The third-order valence-corrected chi connectivity index (χ3v) is 16.1. The topological polar surface area (TPSA) is 32.8 Å². The molecule has 0 fully saturated rings. The third kappa shape index (κ3) is 6.09. The van der Waals surface area contributed by atoms with Gasteiger partial charge in [0, 0.05) is 56.1 Å². The molecule has 4 nitrogen and oxygen atoms in total. The Kier molecular flexibility index (Phi) is 9.19. The van der Waals surface area contributed by atoms with Crippen molar-refractivity contribution in [2.45, 2.75) is 24.7 Å². The van der Waals surface area contributed by atoms with E-state index in [9.17, 15) is 0 Å².